The number of aliphatic hydroxyl groups excluding tert-OH is 9. The summed E-state index contributed by atoms with van der Waals surface area (Å²) in [6.07, 6.45) is -23.8. The van der Waals surface area contributed by atoms with E-state index in [1.807, 2.05) is 6.92 Å². The van der Waals surface area contributed by atoms with Crippen LogP contribution in [0.25, 0.3) is 0 Å². The number of esters is 2. The third kappa shape index (κ3) is 9.81. The molecule has 0 aromatic heterocycles. The molecule has 0 aromatic rings. The van der Waals surface area contributed by atoms with Gasteiger partial charge >= 0.3 is 47.5 Å². The van der Waals surface area contributed by atoms with Gasteiger partial charge in [0.05, 0.1) is 61.7 Å². The summed E-state index contributed by atoms with van der Waals surface area (Å²) < 4.78 is 54.1. The van der Waals surface area contributed by atoms with Crippen molar-refractivity contribution in [2.75, 3.05) is 26.4 Å². The first-order chi connectivity index (χ1) is 36.0. The van der Waals surface area contributed by atoms with Gasteiger partial charge in [0.25, 0.3) is 0 Å². The zero-order valence-electron chi connectivity index (χ0n) is 46.4. The van der Waals surface area contributed by atoms with Gasteiger partial charge in [0.1, 0.15) is 61.5 Å². The Hall–Kier alpha value is -1.53. The second-order valence-corrected chi connectivity index (χ2v) is 25.8. The molecular formula is C54H83NaO23. The Labute approximate surface area is 476 Å². The molecule has 5 aliphatic carbocycles. The van der Waals surface area contributed by atoms with Crippen LogP contribution in [0.15, 0.2) is 11.6 Å². The van der Waals surface area contributed by atoms with Crippen molar-refractivity contribution in [1.29, 1.82) is 0 Å². The average Bonchev–Trinajstić information content (AvgIpc) is 3.34. The van der Waals surface area contributed by atoms with Gasteiger partial charge in [-0.05, 0) is 98.2 Å². The van der Waals surface area contributed by atoms with E-state index >= 15 is 0 Å². The molecule has 0 radical (unpaired) electrons. The molecule has 2 bridgehead atoms. The van der Waals surface area contributed by atoms with E-state index in [0.29, 0.717) is 38.5 Å². The minimum absolute atomic E-state index is 0. The summed E-state index contributed by atoms with van der Waals surface area (Å²) in [4.78, 5) is 38.4. The van der Waals surface area contributed by atoms with Crippen molar-refractivity contribution in [1.82, 2.24) is 0 Å². The second kappa shape index (κ2) is 22.5. The van der Waals surface area contributed by atoms with Gasteiger partial charge in [0, 0.05) is 12.3 Å². The molecule has 4 saturated carbocycles. The fraction of sp³-hybridized carbons (Fsp3) is 0.907. The Bertz CT molecular complexity index is 2240. The molecule has 23 nitrogen and oxygen atoms in total. The maximum Gasteiger partial charge on any atom is 1.00 e. The first-order valence-corrected chi connectivity index (χ1v) is 27.4. The van der Waals surface area contributed by atoms with Crippen LogP contribution in [0.3, 0.4) is 0 Å². The molecule has 0 spiro atoms. The van der Waals surface area contributed by atoms with Gasteiger partial charge in [0.2, 0.25) is 0 Å². The van der Waals surface area contributed by atoms with Crippen molar-refractivity contribution < 1.29 is 143 Å². The van der Waals surface area contributed by atoms with Crippen LogP contribution in [0.5, 0.6) is 0 Å². The average molecular weight is 1120 g/mol. The Morgan fingerprint density at radius 3 is 2.10 bits per heavy atom. The van der Waals surface area contributed by atoms with E-state index in [1.165, 1.54) is 12.5 Å². The third-order valence-electron chi connectivity index (χ3n) is 21.3. The van der Waals surface area contributed by atoms with Crippen molar-refractivity contribution in [2.24, 2.45) is 56.2 Å². The van der Waals surface area contributed by atoms with E-state index in [9.17, 15) is 70.6 Å². The zero-order valence-corrected chi connectivity index (χ0v) is 48.4. The maximum absolute atomic E-state index is 14.8. The van der Waals surface area contributed by atoms with Crippen molar-refractivity contribution >= 4 is 17.9 Å². The Morgan fingerprint density at radius 1 is 0.795 bits per heavy atom. The topological polar surface area (TPSA) is 360 Å². The van der Waals surface area contributed by atoms with Crippen molar-refractivity contribution in [3.63, 3.8) is 0 Å². The number of allylic oxidation sites excluding steroid dienone is 2. The molecule has 0 amide bonds. The Morgan fingerprint density at radius 2 is 1.46 bits per heavy atom. The fourth-order valence-electron chi connectivity index (χ4n) is 16.5. The monoisotopic (exact) mass is 1120 g/mol. The predicted octanol–water partition coefficient (Wildman–Crippen LogP) is -4.21. The number of fused-ring (bicyclic) bond motifs is 7. The molecule has 8 fully saturated rings. The number of aliphatic carboxylic acids is 1. The molecule has 2 unspecified atom stereocenters. The van der Waals surface area contributed by atoms with Crippen LogP contribution >= 0.6 is 0 Å². The predicted molar refractivity (Wildman–Crippen MR) is 259 cm³/mol. The van der Waals surface area contributed by atoms with Crippen LogP contribution in [0.1, 0.15) is 107 Å². The molecule has 78 heavy (non-hydrogen) atoms. The van der Waals surface area contributed by atoms with Gasteiger partial charge in [-0.3, -0.25) is 9.59 Å². The van der Waals surface area contributed by atoms with Gasteiger partial charge in [-0.1, -0.05) is 59.3 Å². The Kier molecular flexibility index (Phi) is 18.0. The quantitative estimate of drug-likeness (QED) is 0.0341. The van der Waals surface area contributed by atoms with Crippen molar-refractivity contribution in [2.45, 2.75) is 224 Å². The van der Waals surface area contributed by atoms with E-state index in [-0.39, 0.29) is 65.8 Å². The van der Waals surface area contributed by atoms with Crippen LogP contribution < -0.4 is 34.7 Å². The summed E-state index contributed by atoms with van der Waals surface area (Å²) in [6, 6.07) is 0. The molecule has 438 valence electrons. The Balaban J connectivity index is 0.00000803. The largest absolute Gasteiger partial charge is 1.00 e. The molecule has 4 heterocycles. The molecule has 4 aliphatic heterocycles. The van der Waals surface area contributed by atoms with Crippen LogP contribution in [-0.2, 0) is 57.0 Å². The number of carbonyl (C=O) groups is 3. The maximum atomic E-state index is 14.8. The molecule has 28 atom stereocenters. The summed E-state index contributed by atoms with van der Waals surface area (Å²) in [5, 5.41) is 123. The second-order valence-electron chi connectivity index (χ2n) is 25.8. The van der Waals surface area contributed by atoms with E-state index < -0.39 is 187 Å². The molecule has 10 N–H and O–H groups in total. The fourth-order valence-corrected chi connectivity index (χ4v) is 16.5. The molecule has 24 heteroatoms. The summed E-state index contributed by atoms with van der Waals surface area (Å²) in [6.45, 7) is 15.7. The number of hydrogen-bond donors (Lipinski definition) is 10. The molecule has 4 saturated heterocycles. The first-order valence-electron chi connectivity index (χ1n) is 27.4. The summed E-state index contributed by atoms with van der Waals surface area (Å²) in [5.41, 5.74) is -2.46. The van der Waals surface area contributed by atoms with Gasteiger partial charge < -0.3 is 98.8 Å². The number of carboxylic acids is 1. The number of hydrogen-bond acceptors (Lipinski definition) is 22. The van der Waals surface area contributed by atoms with Crippen LogP contribution in [-0.4, -0.2) is 212 Å². The van der Waals surface area contributed by atoms with Gasteiger partial charge in [-0.25, -0.2) is 4.79 Å². The first kappa shape index (κ1) is 62.5. The summed E-state index contributed by atoms with van der Waals surface area (Å²) in [5.74, 6) is -3.90. The smallest absolute Gasteiger partial charge is 0.848 e. The SMILES string of the molecule is CC(=O)OC(C)C(C)C(=O)OC[C@@]12[C@H]3C[C@]4(C)C(=CC[C@@H]5[C@@]6(C)CC[C@H](O[C@@H]7O[C@H](C(=O)O)[C@@H](O[C@@H]8O[C@H](CO)[C@@H](O)[C@H](O)[C@H]8O)[C@H]([O-])[C@H]7O[C@@H]7OC[C@@H](O)[C@H](O)[C@H]7O)[C@@](C)(CO)[C@@H]6CC[C@]54C)[C@@H]1CC(C)(C)[C@H](O3)[C@@H]2O.[Na+]. The molecule has 9 rings (SSSR count). The number of ether oxygens (including phenoxy) is 9. The van der Waals surface area contributed by atoms with Crippen molar-refractivity contribution in [3.05, 3.63) is 11.6 Å². The van der Waals surface area contributed by atoms with E-state index in [2.05, 4.69) is 40.7 Å². The van der Waals surface area contributed by atoms with E-state index in [1.54, 1.807) is 13.8 Å². The zero-order chi connectivity index (χ0) is 56.4. The van der Waals surface area contributed by atoms with E-state index in [0.717, 1.165) is 0 Å². The molecule has 9 aliphatic rings. The van der Waals surface area contributed by atoms with Crippen molar-refractivity contribution in [3.8, 4) is 0 Å². The molecular weight excluding hydrogens is 1040 g/mol. The standard InChI is InChI=1S/C54H83O23.Na/c1-22(23(2)71-24(3)57)45(68)70-21-54-26-16-49(4,5)43(42(54)65)73-32(54)17-53(9)25(26)10-11-30-50(6)14-13-31(51(7,20-56)29(50)12-15-52(30,53)8)74-48-40(76-46-36(62)33(59)27(58)19-69-46)38(64)39(41(77-48)44(66)67)75-47-37(63)35(61)34(60)28(18-55)72-47;/h10,22-23,26-43,46-48,55-56,58-63,65H,11-21H2,1-9H3,(H,66,67);/q-1;+1/t22?,23?,26-,27+,28+,29+,30+,31-,32+,33-,34+,35-,36+,37+,38-,39-,40+,41-,42-,43+,46-,47-,48+,50-,51-,52+,53+,54-;/m0./s1. The van der Waals surface area contributed by atoms with Crippen LogP contribution in [0.2, 0.25) is 0 Å². The normalized spacial score (nSPS) is 51.0. The summed E-state index contributed by atoms with van der Waals surface area (Å²) >= 11 is 0. The minimum Gasteiger partial charge on any atom is -0.848 e. The number of aliphatic hydroxyl groups is 9. The number of carboxylic acid groups (broad SMARTS) is 1. The summed E-state index contributed by atoms with van der Waals surface area (Å²) in [7, 11) is 0. The van der Waals surface area contributed by atoms with Gasteiger partial charge in [0.15, 0.2) is 25.0 Å². The minimum atomic E-state index is -2.33. The number of rotatable bonds is 14. The van der Waals surface area contributed by atoms with E-state index in [4.69, 9.17) is 42.6 Å². The van der Waals surface area contributed by atoms with Crippen LogP contribution in [0, 0.1) is 56.2 Å². The number of carbonyl (C=O) groups excluding carboxylic acids is 2. The van der Waals surface area contributed by atoms with Gasteiger partial charge in [-0.2, -0.15) is 0 Å². The van der Waals surface area contributed by atoms with Gasteiger partial charge in [-0.15, -0.1) is 0 Å². The van der Waals surface area contributed by atoms with Crippen LogP contribution in [0.4, 0.5) is 0 Å². The molecule has 0 aromatic carbocycles. The third-order valence-corrected chi connectivity index (χ3v) is 21.3.